The van der Waals surface area contributed by atoms with Gasteiger partial charge in [0, 0.05) is 66.1 Å². The molecular formula is C61H49BN2O2. The zero-order valence-electron chi connectivity index (χ0n) is 38.7. The van der Waals surface area contributed by atoms with Crippen molar-refractivity contribution in [2.24, 2.45) is 0 Å². The SMILES string of the molecule is CC(C)(C)c1ccc(N2B3c4cc5occ(-c6ccccc6)c5cc4-n4c5ccc(C(C)(C)C)cc5c5c6c(oc7ccccc76)c(c3c54)-c3cc4c(cc32)C(C)(C)c2ccccc2-4)cc1. The van der Waals surface area contributed by atoms with Crippen molar-refractivity contribution in [3.05, 3.63) is 174 Å². The first-order chi connectivity index (χ1) is 31.8. The molecule has 0 unspecified atom stereocenters. The van der Waals surface area contributed by atoms with Gasteiger partial charge in [0.2, 0.25) is 0 Å². The molecule has 11 aromatic rings. The maximum absolute atomic E-state index is 7.33. The van der Waals surface area contributed by atoms with Gasteiger partial charge in [-0.3, -0.25) is 0 Å². The van der Waals surface area contributed by atoms with Crippen molar-refractivity contribution < 1.29 is 8.83 Å². The van der Waals surface area contributed by atoms with Crippen LogP contribution in [0, 0.1) is 0 Å². The van der Waals surface area contributed by atoms with Gasteiger partial charge in [-0.1, -0.05) is 146 Å². The summed E-state index contributed by atoms with van der Waals surface area (Å²) in [5, 5.41) is 5.93. The van der Waals surface area contributed by atoms with E-state index < -0.39 is 0 Å². The molecule has 3 aromatic heterocycles. The number of benzene rings is 8. The number of hydrogen-bond acceptors (Lipinski definition) is 3. The zero-order valence-corrected chi connectivity index (χ0v) is 38.7. The van der Waals surface area contributed by atoms with E-state index in [2.05, 4.69) is 210 Å². The van der Waals surface area contributed by atoms with Crippen molar-refractivity contribution in [1.82, 2.24) is 4.57 Å². The molecule has 14 rings (SSSR count). The molecule has 3 aliphatic rings. The number of para-hydroxylation sites is 1. The van der Waals surface area contributed by atoms with Crippen LogP contribution in [0.1, 0.15) is 77.6 Å². The minimum Gasteiger partial charge on any atom is -0.464 e. The second-order valence-electron chi connectivity index (χ2n) is 21.7. The van der Waals surface area contributed by atoms with Crippen molar-refractivity contribution in [1.29, 1.82) is 0 Å². The third-order valence-corrected chi connectivity index (χ3v) is 15.5. The van der Waals surface area contributed by atoms with Gasteiger partial charge in [0.25, 0.3) is 0 Å². The number of fused-ring (bicyclic) bond motifs is 17. The fourth-order valence-corrected chi connectivity index (χ4v) is 12.2. The molecule has 0 N–H and O–H groups in total. The molecule has 0 spiro atoms. The monoisotopic (exact) mass is 852 g/mol. The highest BCUT2D eigenvalue weighted by atomic mass is 16.3. The highest BCUT2D eigenvalue weighted by molar-refractivity contribution is 6.94. The van der Waals surface area contributed by atoms with Gasteiger partial charge in [-0.05, 0) is 115 Å². The lowest BCUT2D eigenvalue weighted by Crippen LogP contribution is -2.60. The van der Waals surface area contributed by atoms with Crippen molar-refractivity contribution in [2.45, 2.75) is 71.6 Å². The maximum atomic E-state index is 7.33. The first-order valence-electron chi connectivity index (χ1n) is 23.5. The third-order valence-electron chi connectivity index (χ3n) is 15.5. The van der Waals surface area contributed by atoms with Crippen molar-refractivity contribution >= 4 is 83.9 Å². The highest BCUT2D eigenvalue weighted by Crippen LogP contribution is 2.56. The number of hydrogen-bond donors (Lipinski definition) is 0. The molecule has 5 heterocycles. The second-order valence-corrected chi connectivity index (χ2v) is 21.7. The average Bonchev–Trinajstić information content (AvgIpc) is 4.05. The van der Waals surface area contributed by atoms with E-state index in [4.69, 9.17) is 8.83 Å². The van der Waals surface area contributed by atoms with E-state index in [0.717, 1.165) is 44.3 Å². The van der Waals surface area contributed by atoms with E-state index >= 15 is 0 Å². The first kappa shape index (κ1) is 38.1. The summed E-state index contributed by atoms with van der Waals surface area (Å²) in [5.41, 5.74) is 23.5. The summed E-state index contributed by atoms with van der Waals surface area (Å²) in [5.74, 6) is 0. The normalized spacial score (nSPS) is 14.7. The van der Waals surface area contributed by atoms with E-state index in [1.54, 1.807) is 0 Å². The Bertz CT molecular complexity index is 3920. The number of furan rings is 2. The molecular weight excluding hydrogens is 803 g/mol. The van der Waals surface area contributed by atoms with Crippen LogP contribution in [0.5, 0.6) is 0 Å². The summed E-state index contributed by atoms with van der Waals surface area (Å²) >= 11 is 0. The van der Waals surface area contributed by atoms with E-state index in [-0.39, 0.29) is 23.1 Å². The Morgan fingerprint density at radius 2 is 1.27 bits per heavy atom. The molecule has 2 aliphatic heterocycles. The first-order valence-corrected chi connectivity index (χ1v) is 23.5. The van der Waals surface area contributed by atoms with Gasteiger partial charge < -0.3 is 18.2 Å². The van der Waals surface area contributed by atoms with Gasteiger partial charge in [0.05, 0.1) is 17.3 Å². The topological polar surface area (TPSA) is 34.5 Å². The fraction of sp³-hybridized carbons (Fsp3) is 0.180. The Hall–Kier alpha value is -7.24. The standard InChI is InChI=1S/C61H49BN2O2/c1-59(2,3)35-22-25-37(26-23-35)64-49-31-46-40(38-18-12-14-20-45(38)61(46,7)8)29-43(49)55-56-57-53(54-39-19-13-15-21-51(39)66-58(54)55)42-28-36(60(4,5)6)24-27-48(42)63(57)50-30-41-44(34-16-10-9-11-17-34)33-65-52(41)32-47(50)62(56)64/h9-33H,1-8H3. The molecule has 8 aromatic carbocycles. The van der Waals surface area contributed by atoms with Gasteiger partial charge >= 0.3 is 6.85 Å². The van der Waals surface area contributed by atoms with Crippen molar-refractivity contribution in [3.63, 3.8) is 0 Å². The Kier molecular flexibility index (Phi) is 7.24. The van der Waals surface area contributed by atoms with Crippen LogP contribution >= 0.6 is 0 Å². The van der Waals surface area contributed by atoms with Crippen LogP contribution in [-0.4, -0.2) is 11.4 Å². The highest BCUT2D eigenvalue weighted by Gasteiger charge is 2.48. The van der Waals surface area contributed by atoms with Crippen LogP contribution in [0.25, 0.3) is 93.8 Å². The third kappa shape index (κ3) is 4.85. The lowest BCUT2D eigenvalue weighted by Gasteiger charge is -2.42. The van der Waals surface area contributed by atoms with E-state index in [0.29, 0.717) is 0 Å². The van der Waals surface area contributed by atoms with Crippen LogP contribution in [0.4, 0.5) is 11.4 Å². The Labute approximate surface area is 385 Å². The number of nitrogens with zero attached hydrogens (tertiary/aromatic N) is 2. The van der Waals surface area contributed by atoms with Crippen molar-refractivity contribution in [2.75, 3.05) is 4.81 Å². The van der Waals surface area contributed by atoms with Gasteiger partial charge in [-0.2, -0.15) is 0 Å². The molecule has 0 saturated heterocycles. The molecule has 0 fully saturated rings. The minimum atomic E-state index is -0.221. The van der Waals surface area contributed by atoms with Crippen LogP contribution in [0.2, 0.25) is 0 Å². The minimum absolute atomic E-state index is 0.00621. The zero-order chi connectivity index (χ0) is 44.8. The van der Waals surface area contributed by atoms with E-state index in [9.17, 15) is 0 Å². The van der Waals surface area contributed by atoms with Crippen LogP contribution in [0.15, 0.2) is 161 Å². The number of rotatable bonds is 2. The molecule has 0 saturated carbocycles. The maximum Gasteiger partial charge on any atom is 0.333 e. The molecule has 0 bridgehead atoms. The molecule has 318 valence electrons. The van der Waals surface area contributed by atoms with Crippen LogP contribution in [0.3, 0.4) is 0 Å². The number of anilines is 2. The predicted molar refractivity (Wildman–Crippen MR) is 277 cm³/mol. The van der Waals surface area contributed by atoms with Gasteiger partial charge in [0.15, 0.2) is 0 Å². The Balaban J connectivity index is 1.21. The van der Waals surface area contributed by atoms with Gasteiger partial charge in [-0.25, -0.2) is 0 Å². The van der Waals surface area contributed by atoms with Crippen molar-refractivity contribution in [3.8, 4) is 39.1 Å². The summed E-state index contributed by atoms with van der Waals surface area (Å²) in [6, 6.07) is 54.8. The summed E-state index contributed by atoms with van der Waals surface area (Å²) in [6.45, 7) is 18.4. The second kappa shape index (κ2) is 12.6. The molecule has 5 heteroatoms. The molecule has 0 atom stereocenters. The van der Waals surface area contributed by atoms with E-state index in [1.165, 1.54) is 94.0 Å². The molecule has 66 heavy (non-hydrogen) atoms. The van der Waals surface area contributed by atoms with Crippen LogP contribution in [-0.2, 0) is 16.2 Å². The Morgan fingerprint density at radius 3 is 2.06 bits per heavy atom. The lowest BCUT2D eigenvalue weighted by molar-refractivity contribution is 0.590. The fourth-order valence-electron chi connectivity index (χ4n) is 12.2. The quantitative estimate of drug-likeness (QED) is 0.163. The molecule has 0 amide bonds. The summed E-state index contributed by atoms with van der Waals surface area (Å²) in [6.07, 6.45) is 1.95. The largest absolute Gasteiger partial charge is 0.464 e. The van der Waals surface area contributed by atoms with Gasteiger partial charge in [0.1, 0.15) is 16.7 Å². The predicted octanol–water partition coefficient (Wildman–Crippen LogP) is 15.2. The van der Waals surface area contributed by atoms with Gasteiger partial charge in [-0.15, -0.1) is 0 Å². The number of aromatic nitrogens is 1. The summed E-state index contributed by atoms with van der Waals surface area (Å²) in [7, 11) is 0. The Morgan fingerprint density at radius 1 is 0.545 bits per heavy atom. The smallest absolute Gasteiger partial charge is 0.333 e. The molecule has 1 aliphatic carbocycles. The molecule has 0 radical (unpaired) electrons. The molecule has 4 nitrogen and oxygen atoms in total. The average molecular weight is 853 g/mol. The summed E-state index contributed by atoms with van der Waals surface area (Å²) < 4.78 is 16.6. The lowest BCUT2D eigenvalue weighted by atomic mass is 9.43. The van der Waals surface area contributed by atoms with Crippen LogP contribution < -0.4 is 15.7 Å². The summed E-state index contributed by atoms with van der Waals surface area (Å²) in [4.78, 5) is 2.66. The van der Waals surface area contributed by atoms with E-state index in [1.807, 2.05) is 6.26 Å².